The molecule has 3 aromatic carbocycles. The van der Waals surface area contributed by atoms with Crippen LogP contribution in [0.25, 0.3) is 17.2 Å². The topological polar surface area (TPSA) is 0 Å². The summed E-state index contributed by atoms with van der Waals surface area (Å²) < 4.78 is 3.66. The van der Waals surface area contributed by atoms with Gasteiger partial charge < -0.3 is 0 Å². The summed E-state index contributed by atoms with van der Waals surface area (Å²) in [6, 6.07) is 22.9. The maximum atomic E-state index is 3.53. The Bertz CT molecular complexity index is 1200. The molecule has 0 saturated carbocycles. The molecule has 0 fully saturated rings. The Morgan fingerprint density at radius 2 is 1.81 bits per heavy atom. The summed E-state index contributed by atoms with van der Waals surface area (Å²) in [5, 5.41) is 0. The van der Waals surface area contributed by atoms with E-state index < -0.39 is 21.8 Å². The van der Waals surface area contributed by atoms with Crippen LogP contribution in [0.1, 0.15) is 64.6 Å². The maximum absolute atomic E-state index is 3.53. The molecule has 5 rings (SSSR count). The van der Waals surface area contributed by atoms with Gasteiger partial charge in [0.15, 0.2) is 0 Å². The summed E-state index contributed by atoms with van der Waals surface area (Å²) in [6.45, 7) is 4.66. The molecule has 0 radical (unpaired) electrons. The van der Waals surface area contributed by atoms with Gasteiger partial charge in [-0.05, 0) is 0 Å². The van der Waals surface area contributed by atoms with Gasteiger partial charge in [0, 0.05) is 0 Å². The van der Waals surface area contributed by atoms with Gasteiger partial charge in [-0.2, -0.15) is 0 Å². The van der Waals surface area contributed by atoms with Gasteiger partial charge >= 0.3 is 196 Å². The van der Waals surface area contributed by atoms with E-state index in [2.05, 4.69) is 98.5 Å². The minimum atomic E-state index is -1.99. The Morgan fingerprint density at radius 1 is 0.968 bits per heavy atom. The first-order chi connectivity index (χ1) is 15.3. The number of hydrogen-bond donors (Lipinski definition) is 0. The molecule has 31 heavy (non-hydrogen) atoms. The average Bonchev–Trinajstić information content (AvgIpc) is 3.39. The fourth-order valence-corrected chi connectivity index (χ4v) is 12.7. The van der Waals surface area contributed by atoms with Crippen LogP contribution in [-0.4, -0.2) is 0 Å². The van der Waals surface area contributed by atoms with Crippen molar-refractivity contribution in [2.75, 3.05) is 0 Å². The molecule has 153 valence electrons. The average molecular weight is 481 g/mol. The Kier molecular flexibility index (Phi) is 6.11. The summed E-state index contributed by atoms with van der Waals surface area (Å²) in [5.74, 6) is 6.98. The predicted molar refractivity (Wildman–Crippen MR) is 129 cm³/mol. The van der Waals surface area contributed by atoms with E-state index in [1.165, 1.54) is 44.8 Å². The molecule has 0 N–H and O–H groups in total. The molecule has 1 atom stereocenters. The molecule has 2 aliphatic carbocycles. The SMILES string of the molecule is CCCCC#Cc1cc2c([c]([Zr]([CH2]C)[CH]3C=Cc4ccccc43)c1)Cc1ccccc1-2. The van der Waals surface area contributed by atoms with E-state index in [-0.39, 0.29) is 0 Å². The van der Waals surface area contributed by atoms with Crippen LogP contribution in [-0.2, 0) is 28.2 Å². The summed E-state index contributed by atoms with van der Waals surface area (Å²) in [7, 11) is 0. The molecule has 1 heteroatoms. The van der Waals surface area contributed by atoms with Crippen LogP contribution in [0.3, 0.4) is 0 Å². The predicted octanol–water partition coefficient (Wildman–Crippen LogP) is 7.25. The van der Waals surface area contributed by atoms with Crippen molar-refractivity contribution in [1.29, 1.82) is 0 Å². The molecule has 0 aromatic heterocycles. The second kappa shape index (κ2) is 9.14. The van der Waals surface area contributed by atoms with Crippen molar-refractivity contribution >= 4 is 9.35 Å². The zero-order valence-electron chi connectivity index (χ0n) is 18.5. The summed E-state index contributed by atoms with van der Waals surface area (Å²) in [6.07, 6.45) is 9.35. The fourth-order valence-electron chi connectivity index (χ4n) is 5.15. The van der Waals surface area contributed by atoms with Crippen LogP contribution in [0, 0.1) is 11.8 Å². The Morgan fingerprint density at radius 3 is 2.68 bits per heavy atom. The van der Waals surface area contributed by atoms with Crippen molar-refractivity contribution in [2.45, 2.75) is 47.3 Å². The van der Waals surface area contributed by atoms with Crippen molar-refractivity contribution in [3.63, 3.8) is 0 Å². The molecule has 0 spiro atoms. The van der Waals surface area contributed by atoms with E-state index in [1.54, 1.807) is 14.4 Å². The van der Waals surface area contributed by atoms with Crippen molar-refractivity contribution in [1.82, 2.24) is 0 Å². The van der Waals surface area contributed by atoms with Gasteiger partial charge in [-0.25, -0.2) is 0 Å². The number of hydrogen-bond acceptors (Lipinski definition) is 0. The monoisotopic (exact) mass is 479 g/mol. The van der Waals surface area contributed by atoms with Crippen LogP contribution in [0.2, 0.25) is 4.13 Å². The van der Waals surface area contributed by atoms with E-state index in [0.717, 1.165) is 12.8 Å². The van der Waals surface area contributed by atoms with Gasteiger partial charge in [0.2, 0.25) is 0 Å². The molecule has 0 nitrogen and oxygen atoms in total. The Hall–Kier alpha value is -2.16. The first-order valence-corrected chi connectivity index (χ1v) is 16.1. The van der Waals surface area contributed by atoms with Gasteiger partial charge in [0.25, 0.3) is 0 Å². The van der Waals surface area contributed by atoms with Crippen LogP contribution >= 0.6 is 0 Å². The molecule has 0 saturated heterocycles. The van der Waals surface area contributed by atoms with E-state index in [4.69, 9.17) is 0 Å². The molecule has 0 aliphatic heterocycles. The quantitative estimate of drug-likeness (QED) is 0.208. The van der Waals surface area contributed by atoms with Crippen molar-refractivity contribution in [3.8, 4) is 23.0 Å². The van der Waals surface area contributed by atoms with E-state index in [9.17, 15) is 0 Å². The van der Waals surface area contributed by atoms with E-state index in [1.807, 2.05) is 0 Å². The molecular formula is C30H29Zr. The number of allylic oxidation sites excluding steroid dienone is 1. The summed E-state index contributed by atoms with van der Waals surface area (Å²) >= 11 is -1.99. The van der Waals surface area contributed by atoms with E-state index >= 15 is 0 Å². The van der Waals surface area contributed by atoms with Crippen LogP contribution in [0.4, 0.5) is 0 Å². The molecule has 0 bridgehead atoms. The van der Waals surface area contributed by atoms with Crippen LogP contribution in [0.5, 0.6) is 0 Å². The third-order valence-electron chi connectivity index (χ3n) is 6.71. The minimum absolute atomic E-state index is 0.639. The summed E-state index contributed by atoms with van der Waals surface area (Å²) in [5.41, 5.74) is 10.2. The number of benzene rings is 3. The standard InChI is InChI=1S/C19H17.C9H7.C2H5.Zr/c1-2-3-4-5-8-15-11-12-17-14-16-9-6-7-10-18(16)19(17)13-15;1-2-5-9-7-3-6-8(9)4-1;1-2;/h6-7,9-11,13H,2-4,14H2,1H3;1-7H;1H2,2H3;. The van der Waals surface area contributed by atoms with Gasteiger partial charge in [-0.3, -0.25) is 0 Å². The zero-order valence-corrected chi connectivity index (χ0v) is 21.0. The fraction of sp³-hybridized carbons (Fsp3) is 0.267. The van der Waals surface area contributed by atoms with E-state index in [0.29, 0.717) is 3.63 Å². The number of fused-ring (bicyclic) bond motifs is 4. The third-order valence-corrected chi connectivity index (χ3v) is 14.5. The molecule has 2 aliphatic rings. The molecule has 3 aromatic rings. The van der Waals surface area contributed by atoms with Crippen LogP contribution < -0.4 is 3.27 Å². The zero-order chi connectivity index (χ0) is 21.2. The van der Waals surface area contributed by atoms with Crippen molar-refractivity contribution in [2.24, 2.45) is 0 Å². The Balaban J connectivity index is 1.62. The van der Waals surface area contributed by atoms with Gasteiger partial charge in [0.1, 0.15) is 0 Å². The van der Waals surface area contributed by atoms with Gasteiger partial charge in [-0.15, -0.1) is 0 Å². The first kappa shape index (κ1) is 20.7. The molecule has 0 amide bonds. The summed E-state index contributed by atoms with van der Waals surface area (Å²) in [4.78, 5) is 0. The van der Waals surface area contributed by atoms with Crippen LogP contribution in [0.15, 0.2) is 66.7 Å². The van der Waals surface area contributed by atoms with Crippen molar-refractivity contribution in [3.05, 3.63) is 94.6 Å². The normalized spacial score (nSPS) is 15.1. The number of rotatable bonds is 5. The third kappa shape index (κ3) is 3.92. The van der Waals surface area contributed by atoms with Gasteiger partial charge in [0.05, 0.1) is 0 Å². The second-order valence-electron chi connectivity index (χ2n) is 8.63. The van der Waals surface area contributed by atoms with Gasteiger partial charge in [-0.1, -0.05) is 0 Å². The molecule has 0 heterocycles. The molecule has 1 unspecified atom stereocenters. The van der Waals surface area contributed by atoms with Crippen molar-refractivity contribution < 1.29 is 21.8 Å². The Labute approximate surface area is 195 Å². The molecular weight excluding hydrogens is 452 g/mol. The second-order valence-corrected chi connectivity index (χ2v) is 15.8. The number of unbranched alkanes of at least 4 members (excludes halogenated alkanes) is 2. The first-order valence-electron chi connectivity index (χ1n) is 11.7.